The second-order valence-corrected chi connectivity index (χ2v) is 6.63. The van der Waals surface area contributed by atoms with Gasteiger partial charge in [0.2, 0.25) is 5.91 Å². The van der Waals surface area contributed by atoms with Crippen LogP contribution >= 0.6 is 0 Å². The molecule has 4 heteroatoms. The average Bonchev–Trinajstić information content (AvgIpc) is 2.98. The van der Waals surface area contributed by atoms with E-state index in [1.807, 2.05) is 0 Å². The van der Waals surface area contributed by atoms with Crippen LogP contribution in [0.25, 0.3) is 0 Å². The average molecular weight is 293 g/mol. The highest BCUT2D eigenvalue weighted by Crippen LogP contribution is 2.24. The number of hydrogen-bond donors (Lipinski definition) is 0. The lowest BCUT2D eigenvalue weighted by Crippen LogP contribution is -2.38. The zero-order valence-corrected chi connectivity index (χ0v) is 14.0. The Morgan fingerprint density at radius 2 is 1.90 bits per heavy atom. The molecule has 0 heterocycles. The van der Waals surface area contributed by atoms with Gasteiger partial charge in [-0.2, -0.15) is 5.26 Å². The Bertz CT molecular complexity index is 342. The molecule has 1 aliphatic rings. The first-order valence-electron chi connectivity index (χ1n) is 8.39. The van der Waals surface area contributed by atoms with Crippen molar-refractivity contribution in [2.75, 3.05) is 26.7 Å². The normalized spacial score (nSPS) is 15.6. The molecule has 0 aliphatic heterocycles. The predicted molar refractivity (Wildman–Crippen MR) is 85.8 cm³/mol. The lowest BCUT2D eigenvalue weighted by molar-refractivity contribution is -0.130. The number of amides is 1. The molecule has 1 amide bonds. The van der Waals surface area contributed by atoms with E-state index in [0.29, 0.717) is 31.3 Å². The number of hydrogen-bond acceptors (Lipinski definition) is 3. The van der Waals surface area contributed by atoms with Crippen LogP contribution in [0, 0.1) is 17.2 Å². The summed E-state index contributed by atoms with van der Waals surface area (Å²) in [5.74, 6) is 0.876. The molecule has 0 aromatic rings. The predicted octanol–water partition coefficient (Wildman–Crippen LogP) is 3.04. The smallest absolute Gasteiger partial charge is 0.223 e. The molecule has 21 heavy (non-hydrogen) atoms. The van der Waals surface area contributed by atoms with Crippen LogP contribution in [-0.2, 0) is 4.79 Å². The van der Waals surface area contributed by atoms with E-state index >= 15 is 0 Å². The van der Waals surface area contributed by atoms with Crippen molar-refractivity contribution >= 4 is 5.91 Å². The van der Waals surface area contributed by atoms with Crippen LogP contribution in [-0.4, -0.2) is 48.4 Å². The van der Waals surface area contributed by atoms with Crippen LogP contribution in [0.1, 0.15) is 58.8 Å². The van der Waals surface area contributed by atoms with Gasteiger partial charge in [0.1, 0.15) is 0 Å². The first-order chi connectivity index (χ1) is 10.0. The van der Waals surface area contributed by atoms with Gasteiger partial charge in [-0.25, -0.2) is 0 Å². The Morgan fingerprint density at radius 1 is 1.24 bits per heavy atom. The standard InChI is InChI=1S/C17H31N3O/c1-15(2)9-13-20(16-7-4-5-8-16)14-10-17(21)19(3)12-6-11-18/h15-16H,4-10,12-14H2,1-3H3. The molecule has 1 saturated carbocycles. The minimum atomic E-state index is 0.165. The third-order valence-corrected chi connectivity index (χ3v) is 4.43. The zero-order valence-electron chi connectivity index (χ0n) is 14.0. The van der Waals surface area contributed by atoms with Crippen LogP contribution in [0.4, 0.5) is 0 Å². The van der Waals surface area contributed by atoms with E-state index in [1.54, 1.807) is 11.9 Å². The van der Waals surface area contributed by atoms with Crippen molar-refractivity contribution in [3.05, 3.63) is 0 Å². The number of carbonyl (C=O) groups is 1. The molecule has 1 rings (SSSR count). The molecule has 0 atom stereocenters. The van der Waals surface area contributed by atoms with Crippen molar-refractivity contribution in [1.82, 2.24) is 9.80 Å². The van der Waals surface area contributed by atoms with E-state index in [2.05, 4.69) is 24.8 Å². The van der Waals surface area contributed by atoms with Crippen molar-refractivity contribution < 1.29 is 4.79 Å². The van der Waals surface area contributed by atoms with E-state index < -0.39 is 0 Å². The van der Waals surface area contributed by atoms with E-state index in [1.165, 1.54) is 32.1 Å². The fraction of sp³-hybridized carbons (Fsp3) is 0.882. The molecule has 0 aromatic heterocycles. The van der Waals surface area contributed by atoms with Gasteiger partial charge >= 0.3 is 0 Å². The van der Waals surface area contributed by atoms with Crippen molar-refractivity contribution in [3.8, 4) is 6.07 Å². The van der Waals surface area contributed by atoms with Gasteiger partial charge in [-0.3, -0.25) is 9.69 Å². The summed E-state index contributed by atoms with van der Waals surface area (Å²) in [6.45, 7) is 7.04. The van der Waals surface area contributed by atoms with Gasteiger partial charge in [0.25, 0.3) is 0 Å². The van der Waals surface area contributed by atoms with Crippen LogP contribution in [0.5, 0.6) is 0 Å². The van der Waals surface area contributed by atoms with Crippen molar-refractivity contribution in [1.29, 1.82) is 5.26 Å². The number of rotatable bonds is 9. The summed E-state index contributed by atoms with van der Waals surface area (Å²) in [6.07, 6.45) is 7.44. The maximum atomic E-state index is 12.1. The fourth-order valence-corrected chi connectivity index (χ4v) is 2.94. The SMILES string of the molecule is CC(C)CCN(CCC(=O)N(C)CCC#N)C1CCCC1. The molecule has 0 spiro atoms. The molecule has 1 fully saturated rings. The maximum absolute atomic E-state index is 12.1. The summed E-state index contributed by atoms with van der Waals surface area (Å²) in [5.41, 5.74) is 0. The minimum absolute atomic E-state index is 0.165. The van der Waals surface area contributed by atoms with Gasteiger partial charge in [0.15, 0.2) is 0 Å². The van der Waals surface area contributed by atoms with E-state index in [0.717, 1.165) is 13.1 Å². The molecule has 0 aromatic carbocycles. The van der Waals surface area contributed by atoms with Gasteiger partial charge in [-0.05, 0) is 31.7 Å². The Morgan fingerprint density at radius 3 is 2.48 bits per heavy atom. The topological polar surface area (TPSA) is 47.3 Å². The molecule has 0 unspecified atom stereocenters. The third kappa shape index (κ3) is 6.95. The van der Waals surface area contributed by atoms with Crippen molar-refractivity contribution in [2.45, 2.75) is 64.8 Å². The molecule has 1 aliphatic carbocycles. The van der Waals surface area contributed by atoms with E-state index in [4.69, 9.17) is 5.26 Å². The number of nitrogens with zero attached hydrogens (tertiary/aromatic N) is 3. The van der Waals surface area contributed by atoms with Crippen LogP contribution in [0.3, 0.4) is 0 Å². The molecule has 4 nitrogen and oxygen atoms in total. The fourth-order valence-electron chi connectivity index (χ4n) is 2.94. The lowest BCUT2D eigenvalue weighted by Gasteiger charge is -2.30. The summed E-state index contributed by atoms with van der Waals surface area (Å²) < 4.78 is 0. The molecule has 0 N–H and O–H groups in total. The van der Waals surface area contributed by atoms with Gasteiger partial charge in [0.05, 0.1) is 12.5 Å². The Labute approximate surface area is 130 Å². The molecule has 0 radical (unpaired) electrons. The zero-order chi connectivity index (χ0) is 15.7. The highest BCUT2D eigenvalue weighted by molar-refractivity contribution is 5.76. The molecule has 0 saturated heterocycles. The Hall–Kier alpha value is -1.08. The lowest BCUT2D eigenvalue weighted by atomic mass is 10.1. The molecule has 0 bridgehead atoms. The van der Waals surface area contributed by atoms with Crippen LogP contribution in [0.2, 0.25) is 0 Å². The summed E-state index contributed by atoms with van der Waals surface area (Å²) in [5, 5.41) is 8.58. The molecular formula is C17H31N3O. The first-order valence-corrected chi connectivity index (χ1v) is 8.39. The van der Waals surface area contributed by atoms with Crippen molar-refractivity contribution in [3.63, 3.8) is 0 Å². The largest absolute Gasteiger partial charge is 0.345 e. The molecular weight excluding hydrogens is 262 g/mol. The summed E-state index contributed by atoms with van der Waals surface area (Å²) >= 11 is 0. The third-order valence-electron chi connectivity index (χ3n) is 4.43. The van der Waals surface area contributed by atoms with Crippen LogP contribution in [0.15, 0.2) is 0 Å². The monoisotopic (exact) mass is 293 g/mol. The second kappa shape index (κ2) is 9.78. The number of carbonyl (C=O) groups excluding carboxylic acids is 1. The highest BCUT2D eigenvalue weighted by atomic mass is 16.2. The van der Waals surface area contributed by atoms with E-state index in [-0.39, 0.29) is 5.91 Å². The maximum Gasteiger partial charge on any atom is 0.223 e. The first kappa shape index (κ1) is 18.0. The second-order valence-electron chi connectivity index (χ2n) is 6.63. The van der Waals surface area contributed by atoms with Gasteiger partial charge in [0, 0.05) is 32.6 Å². The van der Waals surface area contributed by atoms with Gasteiger partial charge in [-0.15, -0.1) is 0 Å². The van der Waals surface area contributed by atoms with Crippen molar-refractivity contribution in [2.24, 2.45) is 5.92 Å². The minimum Gasteiger partial charge on any atom is -0.345 e. The quantitative estimate of drug-likeness (QED) is 0.656. The molecule has 120 valence electrons. The number of nitriles is 1. The highest BCUT2D eigenvalue weighted by Gasteiger charge is 2.23. The Kier molecular flexibility index (Phi) is 8.37. The summed E-state index contributed by atoms with van der Waals surface area (Å²) in [6, 6.07) is 2.77. The van der Waals surface area contributed by atoms with Gasteiger partial charge < -0.3 is 4.90 Å². The van der Waals surface area contributed by atoms with Crippen LogP contribution < -0.4 is 0 Å². The summed E-state index contributed by atoms with van der Waals surface area (Å²) in [4.78, 5) is 16.3. The van der Waals surface area contributed by atoms with Gasteiger partial charge in [-0.1, -0.05) is 26.7 Å². The van der Waals surface area contributed by atoms with E-state index in [9.17, 15) is 4.79 Å². The Balaban J connectivity index is 2.40. The summed E-state index contributed by atoms with van der Waals surface area (Å²) in [7, 11) is 1.80.